The number of nitrogens with zero attached hydrogens (tertiary/aromatic N) is 3. The molecule has 6 rings (SSSR count). The molecule has 0 atom stereocenters. The molecule has 7 heteroatoms. The summed E-state index contributed by atoms with van der Waals surface area (Å²) in [4.78, 5) is 21.9. The Morgan fingerprint density at radius 2 is 1.60 bits per heavy atom. The Balaban J connectivity index is 1.22. The Morgan fingerprint density at radius 3 is 2.29 bits per heavy atom. The van der Waals surface area contributed by atoms with Crippen molar-refractivity contribution >= 4 is 28.9 Å². The summed E-state index contributed by atoms with van der Waals surface area (Å²) in [6.45, 7) is 4.59. The maximum absolute atomic E-state index is 13.9. The molecule has 42 heavy (non-hydrogen) atoms. The molecule has 3 aromatic rings. The Labute approximate surface area is 252 Å². The van der Waals surface area contributed by atoms with Gasteiger partial charge in [-0.2, -0.15) is 0 Å². The van der Waals surface area contributed by atoms with E-state index in [2.05, 4.69) is 30.6 Å². The van der Waals surface area contributed by atoms with Crippen molar-refractivity contribution in [2.45, 2.75) is 96.7 Å². The van der Waals surface area contributed by atoms with E-state index in [9.17, 15) is 9.18 Å². The fraction of sp³-hybridized carbons (Fsp3) is 0.429. The molecule has 2 heterocycles. The number of hydrogen-bond acceptors (Lipinski definition) is 4. The fourth-order valence-corrected chi connectivity index (χ4v) is 7.62. The first-order valence-electron chi connectivity index (χ1n) is 15.4. The van der Waals surface area contributed by atoms with Gasteiger partial charge in [-0.05, 0) is 111 Å². The molecule has 2 aliphatic carbocycles. The highest BCUT2D eigenvalue weighted by molar-refractivity contribution is 8.18. The van der Waals surface area contributed by atoms with Crippen LogP contribution in [0.4, 0.5) is 4.39 Å². The topological polar surface area (TPSA) is 46.8 Å². The molecule has 1 aromatic heterocycles. The van der Waals surface area contributed by atoms with Gasteiger partial charge in [0.15, 0.2) is 5.17 Å². The van der Waals surface area contributed by atoms with Gasteiger partial charge in [-0.15, -0.1) is 0 Å². The smallest absolute Gasteiger partial charge is 0.267 e. The van der Waals surface area contributed by atoms with Crippen molar-refractivity contribution in [3.8, 4) is 11.4 Å². The normalized spacial score (nSPS) is 20.6. The number of hydrogen-bond donors (Lipinski definition) is 0. The summed E-state index contributed by atoms with van der Waals surface area (Å²) in [5, 5.41) is 0.926. The minimum absolute atomic E-state index is 0.119. The zero-order valence-electron chi connectivity index (χ0n) is 24.7. The van der Waals surface area contributed by atoms with Crippen LogP contribution in [0.2, 0.25) is 0 Å². The lowest BCUT2D eigenvalue weighted by atomic mass is 9.94. The van der Waals surface area contributed by atoms with Gasteiger partial charge in [0.2, 0.25) is 0 Å². The Morgan fingerprint density at radius 1 is 0.929 bits per heavy atom. The first kappa shape index (κ1) is 28.8. The van der Waals surface area contributed by atoms with Gasteiger partial charge in [-0.1, -0.05) is 50.7 Å². The van der Waals surface area contributed by atoms with Crippen molar-refractivity contribution in [3.63, 3.8) is 0 Å². The third-order valence-electron chi connectivity index (χ3n) is 8.82. The van der Waals surface area contributed by atoms with Gasteiger partial charge in [0, 0.05) is 23.1 Å². The van der Waals surface area contributed by atoms with Crippen molar-refractivity contribution in [2.24, 2.45) is 4.99 Å². The first-order chi connectivity index (χ1) is 20.5. The Bertz CT molecular complexity index is 1460. The average molecular weight is 586 g/mol. The van der Waals surface area contributed by atoms with Crippen LogP contribution in [0.15, 0.2) is 64.5 Å². The molecule has 3 aliphatic rings. The second kappa shape index (κ2) is 12.9. The number of halogens is 1. The van der Waals surface area contributed by atoms with E-state index in [4.69, 9.17) is 9.73 Å². The standard InChI is InChI=1S/C35H40FN3O2S/c1-24-21-27(25(2)38(24)31-17-19-32(20-18-31)41-23-26-13-15-28(36)16-14-26)22-33-34(40)39(30-11-7-4-8-12-30)35(42-33)37-29-9-5-3-6-10-29/h13-22,29-30H,3-12,23H2,1-2H3. The van der Waals surface area contributed by atoms with E-state index in [0.29, 0.717) is 12.6 Å². The van der Waals surface area contributed by atoms with Crippen LogP contribution in [0.5, 0.6) is 5.75 Å². The van der Waals surface area contributed by atoms with Crippen molar-refractivity contribution < 1.29 is 13.9 Å². The minimum Gasteiger partial charge on any atom is -0.489 e. The largest absolute Gasteiger partial charge is 0.489 e. The van der Waals surface area contributed by atoms with Crippen LogP contribution in [-0.4, -0.2) is 32.6 Å². The predicted octanol–water partition coefficient (Wildman–Crippen LogP) is 8.75. The maximum atomic E-state index is 13.9. The fourth-order valence-electron chi connectivity index (χ4n) is 6.52. The molecule has 1 amide bonds. The second-order valence-corrected chi connectivity index (χ2v) is 12.9. The number of thioether (sulfide) groups is 1. The zero-order valence-corrected chi connectivity index (χ0v) is 25.5. The zero-order chi connectivity index (χ0) is 29.1. The Kier molecular flexibility index (Phi) is 8.84. The molecule has 1 aliphatic heterocycles. The number of rotatable bonds is 7. The maximum Gasteiger partial charge on any atom is 0.267 e. The van der Waals surface area contributed by atoms with Crippen molar-refractivity contribution in [3.05, 3.63) is 87.8 Å². The second-order valence-electron chi connectivity index (χ2n) is 11.9. The van der Waals surface area contributed by atoms with Gasteiger partial charge in [-0.3, -0.25) is 14.7 Å². The predicted molar refractivity (Wildman–Crippen MR) is 170 cm³/mol. The lowest BCUT2D eigenvalue weighted by Gasteiger charge is -2.31. The third-order valence-corrected chi connectivity index (χ3v) is 9.81. The van der Waals surface area contributed by atoms with Crippen molar-refractivity contribution in [1.82, 2.24) is 9.47 Å². The van der Waals surface area contributed by atoms with E-state index >= 15 is 0 Å². The number of carbonyl (C=O) groups excluding carboxylic acids is 1. The summed E-state index contributed by atoms with van der Waals surface area (Å²) in [6.07, 6.45) is 13.9. The van der Waals surface area contributed by atoms with Gasteiger partial charge in [0.05, 0.1) is 10.9 Å². The van der Waals surface area contributed by atoms with Crippen LogP contribution >= 0.6 is 11.8 Å². The highest BCUT2D eigenvalue weighted by Crippen LogP contribution is 2.39. The highest BCUT2D eigenvalue weighted by Gasteiger charge is 2.39. The molecule has 1 saturated heterocycles. The number of aryl methyl sites for hydroxylation is 1. The van der Waals surface area contributed by atoms with Gasteiger partial charge < -0.3 is 9.30 Å². The van der Waals surface area contributed by atoms with Crippen LogP contribution in [0, 0.1) is 19.7 Å². The minimum atomic E-state index is -0.249. The van der Waals surface area contributed by atoms with Crippen LogP contribution in [0.3, 0.4) is 0 Å². The summed E-state index contributed by atoms with van der Waals surface area (Å²) in [5.74, 6) is 0.628. The molecule has 0 unspecified atom stereocenters. The number of benzene rings is 2. The summed E-state index contributed by atoms with van der Waals surface area (Å²) in [5.41, 5.74) is 5.22. The van der Waals surface area contributed by atoms with E-state index in [1.165, 1.54) is 50.7 Å². The van der Waals surface area contributed by atoms with E-state index in [1.807, 2.05) is 29.2 Å². The molecule has 0 bridgehead atoms. The Hall–Kier alpha value is -3.32. The summed E-state index contributed by atoms with van der Waals surface area (Å²) >= 11 is 1.58. The lowest BCUT2D eigenvalue weighted by Crippen LogP contribution is -2.41. The number of aromatic nitrogens is 1. The molecular weight excluding hydrogens is 545 g/mol. The summed E-state index contributed by atoms with van der Waals surface area (Å²) in [7, 11) is 0. The van der Waals surface area contributed by atoms with Crippen LogP contribution in [-0.2, 0) is 11.4 Å². The number of amidine groups is 1. The van der Waals surface area contributed by atoms with Crippen LogP contribution in [0.1, 0.15) is 86.7 Å². The van der Waals surface area contributed by atoms with E-state index in [1.54, 1.807) is 23.9 Å². The van der Waals surface area contributed by atoms with Gasteiger partial charge >= 0.3 is 0 Å². The molecular formula is C35H40FN3O2S. The molecule has 3 fully saturated rings. The quantitative estimate of drug-likeness (QED) is 0.261. The third kappa shape index (κ3) is 6.36. The average Bonchev–Trinajstić information content (AvgIpc) is 3.47. The van der Waals surface area contributed by atoms with Gasteiger partial charge in [-0.25, -0.2) is 4.39 Å². The monoisotopic (exact) mass is 585 g/mol. The number of amides is 1. The molecule has 0 spiro atoms. The molecule has 220 valence electrons. The van der Waals surface area contributed by atoms with Crippen LogP contribution < -0.4 is 4.74 Å². The number of aliphatic imine (C=N–C) groups is 1. The van der Waals surface area contributed by atoms with Crippen molar-refractivity contribution in [1.29, 1.82) is 0 Å². The summed E-state index contributed by atoms with van der Waals surface area (Å²) < 4.78 is 21.3. The van der Waals surface area contributed by atoms with E-state index < -0.39 is 0 Å². The number of ether oxygens (including phenoxy) is 1. The lowest BCUT2D eigenvalue weighted by molar-refractivity contribution is -0.124. The van der Waals surface area contributed by atoms with Crippen LogP contribution in [0.25, 0.3) is 11.8 Å². The molecule has 5 nitrogen and oxygen atoms in total. The highest BCUT2D eigenvalue weighted by atomic mass is 32.2. The molecule has 0 radical (unpaired) electrons. The first-order valence-corrected chi connectivity index (χ1v) is 16.3. The molecule has 2 aromatic carbocycles. The van der Waals surface area contributed by atoms with Crippen molar-refractivity contribution in [2.75, 3.05) is 0 Å². The van der Waals surface area contributed by atoms with E-state index in [0.717, 1.165) is 69.7 Å². The van der Waals surface area contributed by atoms with Gasteiger partial charge in [0.1, 0.15) is 18.2 Å². The van der Waals surface area contributed by atoms with Gasteiger partial charge in [0.25, 0.3) is 5.91 Å². The number of carbonyl (C=O) groups is 1. The SMILES string of the molecule is Cc1cc(C=C2SC(=NC3CCCCC3)N(C3CCCCC3)C2=O)c(C)n1-c1ccc(OCc2ccc(F)cc2)cc1. The van der Waals surface area contributed by atoms with E-state index in [-0.39, 0.29) is 17.8 Å². The molecule has 2 saturated carbocycles. The molecule has 0 N–H and O–H groups in total. The summed E-state index contributed by atoms with van der Waals surface area (Å²) in [6, 6.07) is 17.1.